The molecule has 31 heavy (non-hydrogen) atoms. The van der Waals surface area contributed by atoms with Gasteiger partial charge in [0, 0.05) is 38.4 Å². The molecule has 1 aromatic carbocycles. The van der Waals surface area contributed by atoms with Crippen LogP contribution in [0.5, 0.6) is 0 Å². The third-order valence-corrected chi connectivity index (χ3v) is 6.89. The van der Waals surface area contributed by atoms with Crippen LogP contribution in [0.15, 0.2) is 53.6 Å². The fraction of sp³-hybridized carbons (Fsp3) is 0.286. The maximum atomic E-state index is 13.5. The zero-order valence-corrected chi connectivity index (χ0v) is 18.1. The van der Waals surface area contributed by atoms with E-state index in [9.17, 15) is 12.8 Å². The summed E-state index contributed by atoms with van der Waals surface area (Å²) in [6, 6.07) is 10.8. The lowest BCUT2D eigenvalue weighted by atomic mass is 10.3. The smallest absolute Gasteiger partial charge is 0.243 e. The third-order valence-electron chi connectivity index (χ3n) is 4.99. The molecule has 4 rings (SSSR count). The predicted molar refractivity (Wildman–Crippen MR) is 116 cm³/mol. The summed E-state index contributed by atoms with van der Waals surface area (Å²) in [4.78, 5) is 15.2. The average molecular weight is 443 g/mol. The van der Waals surface area contributed by atoms with Crippen molar-refractivity contribution in [2.24, 2.45) is 0 Å². The number of piperazine rings is 1. The molecule has 3 aromatic rings. The van der Waals surface area contributed by atoms with E-state index in [1.54, 1.807) is 6.20 Å². The van der Waals surface area contributed by atoms with Gasteiger partial charge >= 0.3 is 0 Å². The zero-order valence-electron chi connectivity index (χ0n) is 17.3. The minimum Gasteiger partial charge on any atom is -0.354 e. The molecule has 10 heteroatoms. The Bertz CT molecular complexity index is 1200. The van der Waals surface area contributed by atoms with E-state index in [-0.39, 0.29) is 18.0 Å². The van der Waals surface area contributed by atoms with Crippen LogP contribution in [0.3, 0.4) is 0 Å². The van der Waals surface area contributed by atoms with Gasteiger partial charge in [0.25, 0.3) is 0 Å². The molecule has 1 aliphatic heterocycles. The van der Waals surface area contributed by atoms with Crippen molar-refractivity contribution < 1.29 is 12.8 Å². The summed E-state index contributed by atoms with van der Waals surface area (Å²) in [7, 11) is -3.74. The number of benzene rings is 1. The first-order chi connectivity index (χ1) is 14.8. The van der Waals surface area contributed by atoms with Crippen LogP contribution >= 0.6 is 0 Å². The SMILES string of the molecule is Cc1ccnc(Nc2cc(N3CCN(S(=O)(=O)c4cccc(F)c4)CC3)nc(C)n2)c1. The third kappa shape index (κ3) is 4.80. The summed E-state index contributed by atoms with van der Waals surface area (Å²) in [6.07, 6.45) is 1.73. The number of halogens is 1. The van der Waals surface area contributed by atoms with Crippen molar-refractivity contribution in [3.05, 3.63) is 65.9 Å². The molecule has 3 heterocycles. The lowest BCUT2D eigenvalue weighted by Gasteiger charge is -2.34. The molecule has 1 fully saturated rings. The molecule has 0 aliphatic carbocycles. The van der Waals surface area contributed by atoms with E-state index >= 15 is 0 Å². The van der Waals surface area contributed by atoms with Crippen molar-refractivity contribution in [1.29, 1.82) is 0 Å². The molecule has 0 amide bonds. The van der Waals surface area contributed by atoms with Gasteiger partial charge in [0.15, 0.2) is 0 Å². The fourth-order valence-electron chi connectivity index (χ4n) is 3.45. The van der Waals surface area contributed by atoms with Gasteiger partial charge in [-0.05, 0) is 49.7 Å². The standard InChI is InChI=1S/C21H23FN6O2S/c1-15-6-7-23-19(12-15)26-20-14-21(25-16(2)24-20)27-8-10-28(11-9-27)31(29,30)18-5-3-4-17(22)13-18/h3-7,12-14H,8-11H2,1-2H3,(H,23,24,25,26). The first kappa shape index (κ1) is 21.1. The number of anilines is 3. The van der Waals surface area contributed by atoms with Crippen LogP contribution in [-0.4, -0.2) is 53.9 Å². The quantitative estimate of drug-likeness (QED) is 0.650. The van der Waals surface area contributed by atoms with Crippen LogP contribution in [0.2, 0.25) is 0 Å². The summed E-state index contributed by atoms with van der Waals surface area (Å²) in [5, 5.41) is 3.19. The van der Waals surface area contributed by atoms with Gasteiger partial charge in [-0.25, -0.2) is 27.8 Å². The second-order valence-electron chi connectivity index (χ2n) is 7.35. The Morgan fingerprint density at radius 3 is 2.45 bits per heavy atom. The molecule has 0 radical (unpaired) electrons. The Labute approximate surface area is 180 Å². The lowest BCUT2D eigenvalue weighted by Crippen LogP contribution is -2.49. The molecule has 1 saturated heterocycles. The molecular formula is C21H23FN6O2S. The molecule has 2 aromatic heterocycles. The van der Waals surface area contributed by atoms with Crippen LogP contribution in [0, 0.1) is 19.7 Å². The Morgan fingerprint density at radius 1 is 0.968 bits per heavy atom. The number of nitrogens with one attached hydrogen (secondary N) is 1. The minimum absolute atomic E-state index is 0.0315. The molecule has 1 N–H and O–H groups in total. The van der Waals surface area contributed by atoms with Crippen molar-refractivity contribution in [1.82, 2.24) is 19.3 Å². The minimum atomic E-state index is -3.74. The van der Waals surface area contributed by atoms with E-state index in [0.29, 0.717) is 36.4 Å². The average Bonchev–Trinajstić information content (AvgIpc) is 2.73. The summed E-state index contributed by atoms with van der Waals surface area (Å²) in [5.74, 6) is 2.05. The summed E-state index contributed by atoms with van der Waals surface area (Å²) in [5.41, 5.74) is 1.08. The van der Waals surface area contributed by atoms with Gasteiger partial charge in [-0.15, -0.1) is 0 Å². The Hall–Kier alpha value is -3.11. The summed E-state index contributed by atoms with van der Waals surface area (Å²) < 4.78 is 40.5. The molecule has 0 atom stereocenters. The summed E-state index contributed by atoms with van der Waals surface area (Å²) >= 11 is 0. The number of sulfonamides is 1. The van der Waals surface area contributed by atoms with Gasteiger partial charge in [-0.1, -0.05) is 6.07 Å². The van der Waals surface area contributed by atoms with Gasteiger partial charge in [0.1, 0.15) is 29.1 Å². The Kier molecular flexibility index (Phi) is 5.84. The molecular weight excluding hydrogens is 419 g/mol. The molecule has 0 unspecified atom stereocenters. The zero-order chi connectivity index (χ0) is 22.0. The normalized spacial score (nSPS) is 15.1. The highest BCUT2D eigenvalue weighted by Crippen LogP contribution is 2.23. The maximum Gasteiger partial charge on any atom is 0.243 e. The largest absolute Gasteiger partial charge is 0.354 e. The van der Waals surface area contributed by atoms with Crippen molar-refractivity contribution in [3.63, 3.8) is 0 Å². The van der Waals surface area contributed by atoms with Crippen LogP contribution in [-0.2, 0) is 10.0 Å². The van der Waals surface area contributed by atoms with E-state index in [2.05, 4.69) is 20.3 Å². The molecule has 0 spiro atoms. The number of aromatic nitrogens is 3. The molecule has 1 aliphatic rings. The van der Waals surface area contributed by atoms with Crippen LogP contribution in [0.25, 0.3) is 0 Å². The van der Waals surface area contributed by atoms with Gasteiger partial charge < -0.3 is 10.2 Å². The van der Waals surface area contributed by atoms with Crippen molar-refractivity contribution in [3.8, 4) is 0 Å². The molecule has 0 saturated carbocycles. The van der Waals surface area contributed by atoms with Crippen LogP contribution in [0.1, 0.15) is 11.4 Å². The van der Waals surface area contributed by atoms with E-state index in [1.165, 1.54) is 22.5 Å². The number of hydrogen-bond acceptors (Lipinski definition) is 7. The first-order valence-electron chi connectivity index (χ1n) is 9.87. The van der Waals surface area contributed by atoms with Crippen molar-refractivity contribution in [2.75, 3.05) is 36.4 Å². The fourth-order valence-corrected chi connectivity index (χ4v) is 4.90. The highest BCUT2D eigenvalue weighted by molar-refractivity contribution is 7.89. The number of pyridine rings is 1. The molecule has 0 bridgehead atoms. The highest BCUT2D eigenvalue weighted by atomic mass is 32.2. The number of hydrogen-bond donors (Lipinski definition) is 1. The molecule has 162 valence electrons. The highest BCUT2D eigenvalue weighted by Gasteiger charge is 2.29. The van der Waals surface area contributed by atoms with Gasteiger partial charge in [-0.3, -0.25) is 0 Å². The van der Waals surface area contributed by atoms with Gasteiger partial charge in [-0.2, -0.15) is 4.31 Å². The second-order valence-corrected chi connectivity index (χ2v) is 9.29. The first-order valence-corrected chi connectivity index (χ1v) is 11.3. The van der Waals surface area contributed by atoms with E-state index in [4.69, 9.17) is 0 Å². The number of rotatable bonds is 5. The monoisotopic (exact) mass is 442 g/mol. The van der Waals surface area contributed by atoms with Crippen molar-refractivity contribution >= 4 is 27.5 Å². The molecule has 8 nitrogen and oxygen atoms in total. The summed E-state index contributed by atoms with van der Waals surface area (Å²) in [6.45, 7) is 5.29. The van der Waals surface area contributed by atoms with E-state index < -0.39 is 15.8 Å². The lowest BCUT2D eigenvalue weighted by molar-refractivity contribution is 0.383. The number of nitrogens with zero attached hydrogens (tertiary/aromatic N) is 5. The maximum absolute atomic E-state index is 13.5. The Balaban J connectivity index is 1.48. The Morgan fingerprint density at radius 2 is 1.74 bits per heavy atom. The van der Waals surface area contributed by atoms with E-state index in [1.807, 2.05) is 36.9 Å². The topological polar surface area (TPSA) is 91.3 Å². The van der Waals surface area contributed by atoms with Crippen LogP contribution < -0.4 is 10.2 Å². The predicted octanol–water partition coefficient (Wildman–Crippen LogP) is 2.88. The van der Waals surface area contributed by atoms with Gasteiger partial charge in [0.05, 0.1) is 4.90 Å². The second kappa shape index (κ2) is 8.56. The van der Waals surface area contributed by atoms with Crippen molar-refractivity contribution in [2.45, 2.75) is 18.7 Å². The van der Waals surface area contributed by atoms with Gasteiger partial charge in [0.2, 0.25) is 10.0 Å². The van der Waals surface area contributed by atoms with E-state index in [0.717, 1.165) is 11.6 Å². The number of aryl methyl sites for hydroxylation is 2. The van der Waals surface area contributed by atoms with Crippen LogP contribution in [0.4, 0.5) is 21.8 Å².